The first kappa shape index (κ1) is 11.9. The van der Waals surface area contributed by atoms with Crippen molar-refractivity contribution in [2.75, 3.05) is 13.7 Å². The van der Waals surface area contributed by atoms with Crippen LogP contribution in [0.15, 0.2) is 36.4 Å². The van der Waals surface area contributed by atoms with Gasteiger partial charge in [0.2, 0.25) is 5.91 Å². The van der Waals surface area contributed by atoms with Crippen molar-refractivity contribution in [1.29, 1.82) is 0 Å². The lowest BCUT2D eigenvalue weighted by Crippen LogP contribution is -2.35. The third-order valence-corrected chi connectivity index (χ3v) is 2.97. The van der Waals surface area contributed by atoms with Crippen molar-refractivity contribution in [2.45, 2.75) is 19.1 Å². The predicted octanol–water partition coefficient (Wildman–Crippen LogP) is 2.29. The Balaban J connectivity index is 1.99. The quantitative estimate of drug-likeness (QED) is 0.747. The van der Waals surface area contributed by atoms with Crippen molar-refractivity contribution in [3.8, 4) is 0 Å². The molecule has 3 heteroatoms. The third-order valence-electron chi connectivity index (χ3n) is 2.97. The van der Waals surface area contributed by atoms with Gasteiger partial charge in [-0.2, -0.15) is 0 Å². The Morgan fingerprint density at radius 1 is 1.41 bits per heavy atom. The van der Waals surface area contributed by atoms with E-state index < -0.39 is 0 Å². The second-order valence-electron chi connectivity index (χ2n) is 4.11. The molecule has 0 radical (unpaired) electrons. The Morgan fingerprint density at radius 3 is 2.88 bits per heavy atom. The molecule has 1 aromatic rings. The van der Waals surface area contributed by atoms with Crippen LogP contribution in [-0.4, -0.2) is 30.7 Å². The van der Waals surface area contributed by atoms with Crippen molar-refractivity contribution < 1.29 is 9.53 Å². The minimum absolute atomic E-state index is 0.0261. The minimum Gasteiger partial charge on any atom is -0.362 e. The Morgan fingerprint density at radius 2 is 2.18 bits per heavy atom. The fraction of sp³-hybridized carbons (Fsp3) is 0.357. The lowest BCUT2D eigenvalue weighted by atomic mass is 10.2. The second-order valence-corrected chi connectivity index (χ2v) is 4.11. The Labute approximate surface area is 102 Å². The summed E-state index contributed by atoms with van der Waals surface area (Å²) in [7, 11) is 1.65. The molecule has 1 heterocycles. The summed E-state index contributed by atoms with van der Waals surface area (Å²) in [5.74, 6) is 0.0261. The largest absolute Gasteiger partial charge is 0.362 e. The van der Waals surface area contributed by atoms with E-state index in [0.29, 0.717) is 0 Å². The number of amides is 1. The predicted molar refractivity (Wildman–Crippen MR) is 67.2 cm³/mol. The maximum absolute atomic E-state index is 11.9. The summed E-state index contributed by atoms with van der Waals surface area (Å²) in [5, 5.41) is 0. The number of methoxy groups -OCH3 is 1. The van der Waals surface area contributed by atoms with Crippen LogP contribution in [0, 0.1) is 0 Å². The fourth-order valence-electron chi connectivity index (χ4n) is 2.06. The van der Waals surface area contributed by atoms with Crippen LogP contribution < -0.4 is 0 Å². The summed E-state index contributed by atoms with van der Waals surface area (Å²) >= 11 is 0. The molecule has 0 N–H and O–H groups in total. The Hall–Kier alpha value is -1.61. The van der Waals surface area contributed by atoms with Gasteiger partial charge in [-0.25, -0.2) is 0 Å². The molecule has 0 bridgehead atoms. The van der Waals surface area contributed by atoms with Gasteiger partial charge >= 0.3 is 0 Å². The average Bonchev–Trinajstić information content (AvgIpc) is 2.85. The summed E-state index contributed by atoms with van der Waals surface area (Å²) in [4.78, 5) is 13.7. The van der Waals surface area contributed by atoms with Crippen LogP contribution in [0.3, 0.4) is 0 Å². The molecule has 1 aliphatic heterocycles. The van der Waals surface area contributed by atoms with Gasteiger partial charge in [-0.1, -0.05) is 30.3 Å². The number of carbonyl (C=O) groups is 1. The molecule has 1 fully saturated rings. The zero-order valence-electron chi connectivity index (χ0n) is 10.0. The highest BCUT2D eigenvalue weighted by Gasteiger charge is 2.26. The van der Waals surface area contributed by atoms with E-state index in [4.69, 9.17) is 4.74 Å². The molecule has 3 nitrogen and oxygen atoms in total. The van der Waals surface area contributed by atoms with Crippen molar-refractivity contribution in [2.24, 2.45) is 0 Å². The van der Waals surface area contributed by atoms with Crippen molar-refractivity contribution in [1.82, 2.24) is 4.90 Å². The van der Waals surface area contributed by atoms with E-state index in [1.54, 1.807) is 18.1 Å². The first-order valence-corrected chi connectivity index (χ1v) is 5.88. The van der Waals surface area contributed by atoms with E-state index in [-0.39, 0.29) is 12.1 Å². The highest BCUT2D eigenvalue weighted by Crippen LogP contribution is 2.18. The number of likely N-dealkylation sites (tertiary alicyclic amines) is 1. The summed E-state index contributed by atoms with van der Waals surface area (Å²) in [5.41, 5.74) is 1.04. The zero-order chi connectivity index (χ0) is 12.1. The molecule has 17 heavy (non-hydrogen) atoms. The van der Waals surface area contributed by atoms with E-state index in [2.05, 4.69) is 0 Å². The van der Waals surface area contributed by atoms with E-state index in [1.807, 2.05) is 36.4 Å². The van der Waals surface area contributed by atoms with Gasteiger partial charge in [0.1, 0.15) is 6.23 Å². The van der Waals surface area contributed by atoms with Crippen LogP contribution in [0.5, 0.6) is 0 Å². The van der Waals surface area contributed by atoms with Crippen LogP contribution in [-0.2, 0) is 9.53 Å². The summed E-state index contributed by atoms with van der Waals surface area (Å²) in [6.45, 7) is 0.788. The van der Waals surface area contributed by atoms with Crippen molar-refractivity contribution >= 4 is 12.0 Å². The van der Waals surface area contributed by atoms with Crippen LogP contribution in [0.25, 0.3) is 6.08 Å². The van der Waals surface area contributed by atoms with Gasteiger partial charge in [0.15, 0.2) is 0 Å². The number of ether oxygens (including phenoxy) is 1. The van der Waals surface area contributed by atoms with Crippen LogP contribution >= 0.6 is 0 Å². The molecule has 1 atom stereocenters. The zero-order valence-corrected chi connectivity index (χ0v) is 10.0. The highest BCUT2D eigenvalue weighted by molar-refractivity contribution is 5.92. The lowest BCUT2D eigenvalue weighted by Gasteiger charge is -2.21. The summed E-state index contributed by atoms with van der Waals surface area (Å²) in [6, 6.07) is 9.82. The molecule has 1 aliphatic rings. The first-order chi connectivity index (χ1) is 8.31. The molecule has 90 valence electrons. The van der Waals surface area contributed by atoms with Gasteiger partial charge in [0, 0.05) is 19.7 Å². The van der Waals surface area contributed by atoms with E-state index >= 15 is 0 Å². The Kier molecular flexibility index (Phi) is 3.94. The molecule has 1 saturated heterocycles. The smallest absolute Gasteiger partial charge is 0.248 e. The van der Waals surface area contributed by atoms with Crippen LogP contribution in [0.4, 0.5) is 0 Å². The van der Waals surface area contributed by atoms with Gasteiger partial charge in [0.05, 0.1) is 0 Å². The fourth-order valence-corrected chi connectivity index (χ4v) is 2.06. The van der Waals surface area contributed by atoms with Gasteiger partial charge < -0.3 is 9.64 Å². The normalized spacial score (nSPS) is 20.1. The molecule has 2 rings (SSSR count). The maximum Gasteiger partial charge on any atom is 0.248 e. The van der Waals surface area contributed by atoms with E-state index in [0.717, 1.165) is 24.9 Å². The number of carbonyl (C=O) groups excluding carboxylic acids is 1. The summed E-state index contributed by atoms with van der Waals surface area (Å²) in [6.07, 6.45) is 5.35. The maximum atomic E-state index is 11.9. The number of hydrogen-bond acceptors (Lipinski definition) is 2. The molecular weight excluding hydrogens is 214 g/mol. The average molecular weight is 231 g/mol. The van der Waals surface area contributed by atoms with Gasteiger partial charge in [-0.3, -0.25) is 4.79 Å². The second kappa shape index (κ2) is 5.64. The number of rotatable bonds is 3. The number of hydrogen-bond donors (Lipinski definition) is 0. The molecule has 0 unspecified atom stereocenters. The molecule has 0 spiro atoms. The lowest BCUT2D eigenvalue weighted by molar-refractivity contribution is -0.134. The molecule has 0 aromatic heterocycles. The Bertz CT molecular complexity index is 400. The first-order valence-electron chi connectivity index (χ1n) is 5.88. The third kappa shape index (κ3) is 2.94. The standard InChI is InChI=1S/C14H17NO2/c1-17-14-8-5-11-15(14)13(16)10-9-12-6-3-2-4-7-12/h2-4,6-7,9-10,14H,5,8,11H2,1H3/b10-9+/t14-/m0/s1. The van der Waals surface area contributed by atoms with Gasteiger partial charge in [-0.05, 0) is 24.5 Å². The number of benzene rings is 1. The molecule has 0 aliphatic carbocycles. The highest BCUT2D eigenvalue weighted by atomic mass is 16.5. The van der Waals surface area contributed by atoms with E-state index in [1.165, 1.54) is 0 Å². The van der Waals surface area contributed by atoms with Crippen molar-refractivity contribution in [3.05, 3.63) is 42.0 Å². The molecule has 1 amide bonds. The van der Waals surface area contributed by atoms with Gasteiger partial charge in [-0.15, -0.1) is 0 Å². The SMILES string of the molecule is CO[C@H]1CCCN1C(=O)/C=C/c1ccccc1. The van der Waals surface area contributed by atoms with Crippen molar-refractivity contribution in [3.63, 3.8) is 0 Å². The topological polar surface area (TPSA) is 29.5 Å². The minimum atomic E-state index is -0.0528. The summed E-state index contributed by atoms with van der Waals surface area (Å²) < 4.78 is 5.27. The molecule has 0 saturated carbocycles. The van der Waals surface area contributed by atoms with Gasteiger partial charge in [0.25, 0.3) is 0 Å². The molecule has 1 aromatic carbocycles. The number of nitrogens with zero attached hydrogens (tertiary/aromatic N) is 1. The molecular formula is C14H17NO2. The monoisotopic (exact) mass is 231 g/mol. The van der Waals surface area contributed by atoms with E-state index in [9.17, 15) is 4.79 Å². The van der Waals surface area contributed by atoms with Crippen LogP contribution in [0.2, 0.25) is 0 Å². The van der Waals surface area contributed by atoms with Crippen LogP contribution in [0.1, 0.15) is 18.4 Å².